The SMILES string of the molecule is Cn1cc(-c2cccc(Cl)c2)cc1C#N. The number of nitrogens with zero attached hydrogens (tertiary/aromatic N) is 2. The molecule has 0 saturated heterocycles. The van der Waals surface area contributed by atoms with Gasteiger partial charge in [0.15, 0.2) is 0 Å². The molecular formula is C12H9ClN2. The third kappa shape index (κ3) is 1.88. The van der Waals surface area contributed by atoms with Crippen molar-refractivity contribution in [2.24, 2.45) is 7.05 Å². The first kappa shape index (κ1) is 9.82. The Bertz CT molecular complexity index is 535. The van der Waals surface area contributed by atoms with E-state index in [1.807, 2.05) is 43.6 Å². The Hall–Kier alpha value is -1.72. The van der Waals surface area contributed by atoms with Crippen LogP contribution in [0.1, 0.15) is 5.69 Å². The maximum atomic E-state index is 8.84. The molecule has 0 N–H and O–H groups in total. The quantitative estimate of drug-likeness (QED) is 0.720. The fourth-order valence-electron chi connectivity index (χ4n) is 1.50. The van der Waals surface area contributed by atoms with E-state index in [1.165, 1.54) is 0 Å². The Balaban J connectivity index is 2.51. The van der Waals surface area contributed by atoms with Gasteiger partial charge in [0.1, 0.15) is 11.8 Å². The van der Waals surface area contributed by atoms with Crippen molar-refractivity contribution >= 4 is 11.6 Å². The Morgan fingerprint density at radius 2 is 2.07 bits per heavy atom. The minimum absolute atomic E-state index is 0.643. The molecule has 15 heavy (non-hydrogen) atoms. The first-order valence-electron chi connectivity index (χ1n) is 4.53. The maximum Gasteiger partial charge on any atom is 0.120 e. The lowest BCUT2D eigenvalue weighted by atomic mass is 10.1. The number of hydrogen-bond acceptors (Lipinski definition) is 1. The van der Waals surface area contributed by atoms with Gasteiger partial charge in [0, 0.05) is 23.8 Å². The molecule has 0 atom stereocenters. The molecule has 0 spiro atoms. The van der Waals surface area contributed by atoms with Crippen molar-refractivity contribution in [2.75, 3.05) is 0 Å². The van der Waals surface area contributed by atoms with Crippen LogP contribution in [0.4, 0.5) is 0 Å². The van der Waals surface area contributed by atoms with Gasteiger partial charge in [-0.05, 0) is 23.8 Å². The van der Waals surface area contributed by atoms with E-state index in [-0.39, 0.29) is 0 Å². The van der Waals surface area contributed by atoms with Crippen molar-refractivity contribution in [3.8, 4) is 17.2 Å². The average Bonchev–Trinajstić information content (AvgIpc) is 2.60. The molecule has 0 radical (unpaired) electrons. The number of benzene rings is 1. The molecule has 2 nitrogen and oxygen atoms in total. The lowest BCUT2D eigenvalue weighted by molar-refractivity contribution is 0.909. The zero-order chi connectivity index (χ0) is 10.8. The number of rotatable bonds is 1. The van der Waals surface area contributed by atoms with Crippen molar-refractivity contribution in [1.29, 1.82) is 5.26 Å². The summed E-state index contributed by atoms with van der Waals surface area (Å²) in [7, 11) is 1.85. The van der Waals surface area contributed by atoms with Crippen LogP contribution in [0.15, 0.2) is 36.5 Å². The molecule has 0 unspecified atom stereocenters. The van der Waals surface area contributed by atoms with Crippen LogP contribution in [0.25, 0.3) is 11.1 Å². The Labute approximate surface area is 93.3 Å². The van der Waals surface area contributed by atoms with E-state index in [9.17, 15) is 0 Å². The molecule has 0 aliphatic rings. The topological polar surface area (TPSA) is 28.7 Å². The van der Waals surface area contributed by atoms with Gasteiger partial charge in [0.05, 0.1) is 0 Å². The van der Waals surface area contributed by atoms with Crippen LogP contribution in [0.5, 0.6) is 0 Å². The summed E-state index contributed by atoms with van der Waals surface area (Å²) in [4.78, 5) is 0. The van der Waals surface area contributed by atoms with Gasteiger partial charge in [0.2, 0.25) is 0 Å². The third-order valence-corrected chi connectivity index (χ3v) is 2.51. The van der Waals surface area contributed by atoms with Crippen molar-refractivity contribution in [3.05, 3.63) is 47.2 Å². The molecule has 0 bridgehead atoms. The summed E-state index contributed by atoms with van der Waals surface area (Å²) in [6, 6.07) is 11.6. The van der Waals surface area contributed by atoms with Crippen molar-refractivity contribution < 1.29 is 0 Å². The predicted octanol–water partition coefficient (Wildman–Crippen LogP) is 3.22. The van der Waals surface area contributed by atoms with Gasteiger partial charge in [-0.2, -0.15) is 5.26 Å². The molecule has 1 aromatic carbocycles. The zero-order valence-electron chi connectivity index (χ0n) is 8.24. The highest BCUT2D eigenvalue weighted by Crippen LogP contribution is 2.24. The van der Waals surface area contributed by atoms with Gasteiger partial charge in [-0.25, -0.2) is 0 Å². The Morgan fingerprint density at radius 3 is 2.67 bits per heavy atom. The van der Waals surface area contributed by atoms with Gasteiger partial charge in [-0.15, -0.1) is 0 Å². The van der Waals surface area contributed by atoms with Crippen molar-refractivity contribution in [3.63, 3.8) is 0 Å². The van der Waals surface area contributed by atoms with Gasteiger partial charge in [-0.3, -0.25) is 0 Å². The van der Waals surface area contributed by atoms with E-state index in [2.05, 4.69) is 6.07 Å². The summed E-state index contributed by atoms with van der Waals surface area (Å²) in [5.74, 6) is 0. The smallest absolute Gasteiger partial charge is 0.120 e. The number of aryl methyl sites for hydroxylation is 1. The van der Waals surface area contributed by atoms with E-state index < -0.39 is 0 Å². The normalized spacial score (nSPS) is 9.93. The molecule has 2 rings (SSSR count). The summed E-state index contributed by atoms with van der Waals surface area (Å²) < 4.78 is 1.80. The second-order valence-electron chi connectivity index (χ2n) is 3.35. The van der Waals surface area contributed by atoms with E-state index in [1.54, 1.807) is 4.57 Å². The number of hydrogen-bond donors (Lipinski definition) is 0. The standard InChI is InChI=1S/C12H9ClN2/c1-15-8-10(6-12(15)7-14)9-3-2-4-11(13)5-9/h2-6,8H,1H3. The molecule has 0 fully saturated rings. The van der Waals surface area contributed by atoms with Crippen LogP contribution in [-0.2, 0) is 7.05 Å². The van der Waals surface area contributed by atoms with E-state index in [4.69, 9.17) is 16.9 Å². The molecule has 2 aromatic rings. The largest absolute Gasteiger partial charge is 0.342 e. The predicted molar refractivity (Wildman–Crippen MR) is 60.6 cm³/mol. The van der Waals surface area contributed by atoms with E-state index >= 15 is 0 Å². The summed E-state index contributed by atoms with van der Waals surface area (Å²) >= 11 is 5.90. The first-order valence-corrected chi connectivity index (χ1v) is 4.91. The molecule has 0 aliphatic carbocycles. The van der Waals surface area contributed by atoms with Crippen LogP contribution >= 0.6 is 11.6 Å². The maximum absolute atomic E-state index is 8.84. The van der Waals surface area contributed by atoms with Gasteiger partial charge in [0.25, 0.3) is 0 Å². The summed E-state index contributed by atoms with van der Waals surface area (Å²) in [6.45, 7) is 0. The Kier molecular flexibility index (Phi) is 2.49. The average molecular weight is 217 g/mol. The lowest BCUT2D eigenvalue weighted by Gasteiger charge is -1.97. The second-order valence-corrected chi connectivity index (χ2v) is 3.78. The molecule has 0 saturated carbocycles. The molecule has 0 aliphatic heterocycles. The van der Waals surface area contributed by atoms with Crippen LogP contribution < -0.4 is 0 Å². The molecule has 3 heteroatoms. The van der Waals surface area contributed by atoms with Crippen LogP contribution in [0.2, 0.25) is 5.02 Å². The Morgan fingerprint density at radius 1 is 1.27 bits per heavy atom. The highest BCUT2D eigenvalue weighted by molar-refractivity contribution is 6.30. The second kappa shape index (κ2) is 3.80. The minimum atomic E-state index is 0.643. The highest BCUT2D eigenvalue weighted by Gasteiger charge is 2.04. The first-order chi connectivity index (χ1) is 7.20. The van der Waals surface area contributed by atoms with E-state index in [0.717, 1.165) is 11.1 Å². The van der Waals surface area contributed by atoms with Crippen molar-refractivity contribution in [2.45, 2.75) is 0 Å². The highest BCUT2D eigenvalue weighted by atomic mass is 35.5. The number of nitriles is 1. The number of halogens is 1. The van der Waals surface area contributed by atoms with E-state index in [0.29, 0.717) is 10.7 Å². The van der Waals surface area contributed by atoms with Gasteiger partial charge in [-0.1, -0.05) is 23.7 Å². The van der Waals surface area contributed by atoms with Gasteiger partial charge >= 0.3 is 0 Å². The fraction of sp³-hybridized carbons (Fsp3) is 0.0833. The van der Waals surface area contributed by atoms with Crippen LogP contribution in [0.3, 0.4) is 0 Å². The molecule has 1 heterocycles. The monoisotopic (exact) mass is 216 g/mol. The lowest BCUT2D eigenvalue weighted by Crippen LogP contribution is -1.86. The zero-order valence-corrected chi connectivity index (χ0v) is 8.99. The molecular weight excluding hydrogens is 208 g/mol. The molecule has 74 valence electrons. The fourth-order valence-corrected chi connectivity index (χ4v) is 1.69. The van der Waals surface area contributed by atoms with Gasteiger partial charge < -0.3 is 4.57 Å². The van der Waals surface area contributed by atoms with Crippen LogP contribution in [0, 0.1) is 11.3 Å². The molecule has 0 amide bonds. The minimum Gasteiger partial charge on any atom is -0.342 e. The van der Waals surface area contributed by atoms with Crippen molar-refractivity contribution in [1.82, 2.24) is 4.57 Å². The summed E-state index contributed by atoms with van der Waals surface area (Å²) in [6.07, 6.45) is 1.92. The molecule has 1 aromatic heterocycles. The van der Waals surface area contributed by atoms with Crippen LogP contribution in [-0.4, -0.2) is 4.57 Å². The summed E-state index contributed by atoms with van der Waals surface area (Å²) in [5.41, 5.74) is 2.68. The summed E-state index contributed by atoms with van der Waals surface area (Å²) in [5, 5.41) is 9.54. The number of aromatic nitrogens is 1. The third-order valence-electron chi connectivity index (χ3n) is 2.28.